The molecule has 146 valence electrons. The van der Waals surface area contributed by atoms with Crippen LogP contribution in [-0.2, 0) is 17.8 Å². The largest absolute Gasteiger partial charge is 0.356 e. The van der Waals surface area contributed by atoms with E-state index in [0.29, 0.717) is 24.0 Å². The van der Waals surface area contributed by atoms with Gasteiger partial charge in [0.25, 0.3) is 5.56 Å². The molecular weight excluding hydrogens is 366 g/mol. The van der Waals surface area contributed by atoms with Crippen molar-refractivity contribution in [1.82, 2.24) is 24.6 Å². The van der Waals surface area contributed by atoms with E-state index in [4.69, 9.17) is 0 Å². The van der Waals surface area contributed by atoms with Crippen LogP contribution < -0.4 is 10.9 Å². The zero-order valence-corrected chi connectivity index (χ0v) is 15.9. The summed E-state index contributed by atoms with van der Waals surface area (Å²) in [5.74, 6) is -0.0850. The maximum atomic E-state index is 12.4. The van der Waals surface area contributed by atoms with Crippen LogP contribution in [0.15, 0.2) is 78.1 Å². The molecule has 0 saturated carbocycles. The molecule has 0 radical (unpaired) electrons. The van der Waals surface area contributed by atoms with Crippen LogP contribution in [0.1, 0.15) is 12.0 Å². The SMILES string of the molecule is O=C(CCn1cnc2ccccc2c1=O)NCCc1ccc(-n2cccn2)cc1. The first kappa shape index (κ1) is 18.6. The molecule has 4 aromatic rings. The van der Waals surface area contributed by atoms with Crippen LogP contribution in [0, 0.1) is 0 Å². The normalized spacial score (nSPS) is 10.9. The molecule has 2 aromatic heterocycles. The van der Waals surface area contributed by atoms with E-state index in [1.165, 1.54) is 10.9 Å². The van der Waals surface area contributed by atoms with Gasteiger partial charge in [-0.15, -0.1) is 0 Å². The third-order valence-electron chi connectivity index (χ3n) is 4.75. The van der Waals surface area contributed by atoms with E-state index in [1.54, 1.807) is 23.0 Å². The van der Waals surface area contributed by atoms with Gasteiger partial charge in [0.2, 0.25) is 5.91 Å². The van der Waals surface area contributed by atoms with Gasteiger partial charge in [-0.2, -0.15) is 5.10 Å². The highest BCUT2D eigenvalue weighted by Crippen LogP contribution is 2.09. The second-order valence-corrected chi connectivity index (χ2v) is 6.73. The monoisotopic (exact) mass is 387 g/mol. The number of carbonyl (C=O) groups excluding carboxylic acids is 1. The summed E-state index contributed by atoms with van der Waals surface area (Å²) in [6.07, 6.45) is 6.11. The molecule has 0 fully saturated rings. The Kier molecular flexibility index (Phi) is 5.47. The molecule has 0 saturated heterocycles. The quantitative estimate of drug-likeness (QED) is 0.528. The first-order valence-corrected chi connectivity index (χ1v) is 9.50. The van der Waals surface area contributed by atoms with E-state index in [9.17, 15) is 9.59 Å². The molecule has 2 aromatic carbocycles. The van der Waals surface area contributed by atoms with E-state index in [2.05, 4.69) is 15.4 Å². The van der Waals surface area contributed by atoms with Crippen LogP contribution in [0.5, 0.6) is 0 Å². The summed E-state index contributed by atoms with van der Waals surface area (Å²) in [6.45, 7) is 0.853. The zero-order chi connectivity index (χ0) is 20.1. The average molecular weight is 387 g/mol. The van der Waals surface area contributed by atoms with Gasteiger partial charge in [-0.3, -0.25) is 14.2 Å². The number of amides is 1. The lowest BCUT2D eigenvalue weighted by Gasteiger charge is -2.08. The molecule has 4 rings (SSSR count). The van der Waals surface area contributed by atoms with E-state index in [1.807, 2.05) is 48.7 Å². The average Bonchev–Trinajstić information content (AvgIpc) is 3.29. The summed E-state index contributed by atoms with van der Waals surface area (Å²) in [6, 6.07) is 17.2. The number of carbonyl (C=O) groups is 1. The Balaban J connectivity index is 1.26. The summed E-state index contributed by atoms with van der Waals surface area (Å²) < 4.78 is 3.28. The summed E-state index contributed by atoms with van der Waals surface area (Å²) in [4.78, 5) is 28.8. The van der Waals surface area contributed by atoms with Crippen molar-refractivity contribution in [3.63, 3.8) is 0 Å². The number of fused-ring (bicyclic) bond motifs is 1. The predicted molar refractivity (Wildman–Crippen MR) is 111 cm³/mol. The van der Waals surface area contributed by atoms with Gasteiger partial charge in [0.15, 0.2) is 0 Å². The van der Waals surface area contributed by atoms with Gasteiger partial charge in [0, 0.05) is 31.9 Å². The first-order valence-electron chi connectivity index (χ1n) is 9.50. The number of nitrogens with zero attached hydrogens (tertiary/aromatic N) is 4. The van der Waals surface area contributed by atoms with Crippen molar-refractivity contribution in [1.29, 1.82) is 0 Å². The Morgan fingerprint density at radius 2 is 1.86 bits per heavy atom. The van der Waals surface area contributed by atoms with Gasteiger partial charge < -0.3 is 5.32 Å². The molecule has 7 nitrogen and oxygen atoms in total. The van der Waals surface area contributed by atoms with Crippen molar-refractivity contribution in [2.24, 2.45) is 0 Å². The minimum Gasteiger partial charge on any atom is -0.356 e. The maximum absolute atomic E-state index is 12.4. The zero-order valence-electron chi connectivity index (χ0n) is 15.9. The summed E-state index contributed by atoms with van der Waals surface area (Å²) in [7, 11) is 0. The molecule has 7 heteroatoms. The Bertz CT molecular complexity index is 1160. The number of nitrogens with one attached hydrogen (secondary N) is 1. The number of rotatable bonds is 7. The standard InChI is InChI=1S/C22H21N5O2/c28-21(11-15-26-16-24-20-5-2-1-4-19(20)22(26)29)23-13-10-17-6-8-18(9-7-17)27-14-3-12-25-27/h1-9,12,14,16H,10-11,13,15H2,(H,23,28). The van der Waals surface area contributed by atoms with Gasteiger partial charge in [-0.25, -0.2) is 9.67 Å². The van der Waals surface area contributed by atoms with Crippen LogP contribution >= 0.6 is 0 Å². The van der Waals surface area contributed by atoms with Crippen molar-refractivity contribution in [3.05, 3.63) is 89.2 Å². The first-order chi connectivity index (χ1) is 14.2. The van der Waals surface area contributed by atoms with Crippen LogP contribution in [0.4, 0.5) is 0 Å². The van der Waals surface area contributed by atoms with E-state index in [0.717, 1.165) is 17.7 Å². The molecule has 1 N–H and O–H groups in total. The molecule has 0 bridgehead atoms. The second kappa shape index (κ2) is 8.52. The molecule has 0 unspecified atom stereocenters. The fourth-order valence-corrected chi connectivity index (χ4v) is 3.16. The summed E-state index contributed by atoms with van der Waals surface area (Å²) in [5.41, 5.74) is 2.67. The molecule has 29 heavy (non-hydrogen) atoms. The van der Waals surface area contributed by atoms with Crippen molar-refractivity contribution in [2.75, 3.05) is 6.54 Å². The Labute approximate surface area is 167 Å². The van der Waals surface area contributed by atoms with E-state index >= 15 is 0 Å². The number of hydrogen-bond donors (Lipinski definition) is 1. The Morgan fingerprint density at radius 3 is 2.66 bits per heavy atom. The molecule has 0 spiro atoms. The van der Waals surface area contributed by atoms with Crippen LogP contribution in [-0.4, -0.2) is 31.8 Å². The van der Waals surface area contributed by atoms with Crippen LogP contribution in [0.2, 0.25) is 0 Å². The lowest BCUT2D eigenvalue weighted by atomic mass is 10.1. The van der Waals surface area contributed by atoms with Crippen molar-refractivity contribution in [2.45, 2.75) is 19.4 Å². The fourth-order valence-electron chi connectivity index (χ4n) is 3.16. The van der Waals surface area contributed by atoms with Crippen LogP contribution in [0.3, 0.4) is 0 Å². The number of aryl methyl sites for hydroxylation is 1. The fraction of sp³-hybridized carbons (Fsp3) is 0.182. The number of para-hydroxylation sites is 1. The van der Waals surface area contributed by atoms with Crippen LogP contribution in [0.25, 0.3) is 16.6 Å². The maximum Gasteiger partial charge on any atom is 0.261 e. The topological polar surface area (TPSA) is 81.8 Å². The number of hydrogen-bond acceptors (Lipinski definition) is 4. The number of aromatic nitrogens is 4. The van der Waals surface area contributed by atoms with E-state index < -0.39 is 0 Å². The number of benzene rings is 2. The summed E-state index contributed by atoms with van der Waals surface area (Å²) in [5, 5.41) is 7.67. The Hall–Kier alpha value is -3.74. The third-order valence-corrected chi connectivity index (χ3v) is 4.75. The molecule has 2 heterocycles. The van der Waals surface area contributed by atoms with Crippen molar-refractivity contribution >= 4 is 16.8 Å². The van der Waals surface area contributed by atoms with Gasteiger partial charge in [-0.1, -0.05) is 24.3 Å². The lowest BCUT2D eigenvalue weighted by Crippen LogP contribution is -2.29. The lowest BCUT2D eigenvalue weighted by molar-refractivity contribution is -0.121. The second-order valence-electron chi connectivity index (χ2n) is 6.73. The van der Waals surface area contributed by atoms with Gasteiger partial charge in [0.1, 0.15) is 0 Å². The molecular formula is C22H21N5O2. The van der Waals surface area contributed by atoms with E-state index in [-0.39, 0.29) is 17.9 Å². The molecule has 0 aliphatic rings. The van der Waals surface area contributed by atoms with Gasteiger partial charge >= 0.3 is 0 Å². The summed E-state index contributed by atoms with van der Waals surface area (Å²) >= 11 is 0. The van der Waals surface area contributed by atoms with Crippen molar-refractivity contribution < 1.29 is 4.79 Å². The molecule has 1 amide bonds. The molecule has 0 aliphatic carbocycles. The highest BCUT2D eigenvalue weighted by atomic mass is 16.1. The molecule has 0 aliphatic heterocycles. The minimum absolute atomic E-state index is 0.0850. The minimum atomic E-state index is -0.124. The molecule has 0 atom stereocenters. The van der Waals surface area contributed by atoms with Gasteiger partial charge in [-0.05, 0) is 42.3 Å². The van der Waals surface area contributed by atoms with Crippen molar-refractivity contribution in [3.8, 4) is 5.69 Å². The smallest absolute Gasteiger partial charge is 0.261 e. The Morgan fingerprint density at radius 1 is 1.03 bits per heavy atom. The highest BCUT2D eigenvalue weighted by molar-refractivity contribution is 5.77. The van der Waals surface area contributed by atoms with Gasteiger partial charge in [0.05, 0.1) is 22.9 Å². The highest BCUT2D eigenvalue weighted by Gasteiger charge is 2.06. The predicted octanol–water partition coefficient (Wildman–Crippen LogP) is 2.33. The third kappa shape index (κ3) is 4.40.